The van der Waals surface area contributed by atoms with Crippen molar-refractivity contribution >= 4 is 35.0 Å². The van der Waals surface area contributed by atoms with Gasteiger partial charge in [-0.2, -0.15) is 0 Å². The van der Waals surface area contributed by atoms with Crippen molar-refractivity contribution < 1.29 is 9.18 Å². The van der Waals surface area contributed by atoms with Gasteiger partial charge >= 0.3 is 6.03 Å². The first-order chi connectivity index (χ1) is 12.1. The van der Waals surface area contributed by atoms with Crippen LogP contribution in [-0.4, -0.2) is 22.3 Å². The first kappa shape index (κ1) is 17.4. The summed E-state index contributed by atoms with van der Waals surface area (Å²) in [6, 6.07) is 7.54. The van der Waals surface area contributed by atoms with Gasteiger partial charge in [-0.25, -0.2) is 9.18 Å². The number of rotatable bonds is 4. The largest absolute Gasteiger partial charge is 0.339 e. The molecule has 1 aromatic heterocycles. The van der Waals surface area contributed by atoms with Crippen LogP contribution in [0.5, 0.6) is 0 Å². The summed E-state index contributed by atoms with van der Waals surface area (Å²) in [5.74, 6) is 0.332. The summed E-state index contributed by atoms with van der Waals surface area (Å²) in [7, 11) is 0. The van der Waals surface area contributed by atoms with Gasteiger partial charge in [0.05, 0.1) is 5.02 Å². The Labute approximate surface area is 150 Å². The molecule has 3 N–H and O–H groups in total. The minimum Gasteiger partial charge on any atom is -0.339 e. The Morgan fingerprint density at radius 3 is 2.48 bits per heavy atom. The fourth-order valence-electron chi connectivity index (χ4n) is 2.77. The van der Waals surface area contributed by atoms with Crippen LogP contribution in [0.2, 0.25) is 5.02 Å². The van der Waals surface area contributed by atoms with Gasteiger partial charge in [0.25, 0.3) is 0 Å². The summed E-state index contributed by atoms with van der Waals surface area (Å²) in [6.07, 6.45) is 5.57. The highest BCUT2D eigenvalue weighted by Gasteiger charge is 2.15. The minimum absolute atomic E-state index is 0.0237. The van der Waals surface area contributed by atoms with Gasteiger partial charge in [0.1, 0.15) is 5.82 Å². The lowest BCUT2D eigenvalue weighted by atomic mass is 9.96. The molecule has 0 saturated heterocycles. The molecule has 1 heterocycles. The Hall–Kier alpha value is -2.41. The average Bonchev–Trinajstić information content (AvgIpc) is 2.61. The van der Waals surface area contributed by atoms with Crippen molar-refractivity contribution in [2.45, 2.75) is 38.1 Å². The van der Waals surface area contributed by atoms with Crippen LogP contribution >= 0.6 is 11.6 Å². The van der Waals surface area contributed by atoms with Gasteiger partial charge < -0.3 is 10.6 Å². The lowest BCUT2D eigenvalue weighted by molar-refractivity contribution is 0.244. The zero-order valence-corrected chi connectivity index (χ0v) is 14.3. The second-order valence-electron chi connectivity index (χ2n) is 5.99. The van der Waals surface area contributed by atoms with Crippen LogP contribution in [0, 0.1) is 5.82 Å². The molecule has 0 bridgehead atoms. The van der Waals surface area contributed by atoms with E-state index in [0.717, 1.165) is 25.7 Å². The monoisotopic (exact) mass is 363 g/mol. The van der Waals surface area contributed by atoms with E-state index in [0.29, 0.717) is 17.3 Å². The molecule has 0 aliphatic heterocycles. The molecule has 6 nitrogen and oxygen atoms in total. The average molecular weight is 364 g/mol. The topological polar surface area (TPSA) is 78.9 Å². The molecule has 132 valence electrons. The van der Waals surface area contributed by atoms with Crippen molar-refractivity contribution in [3.8, 4) is 0 Å². The van der Waals surface area contributed by atoms with Crippen molar-refractivity contribution in [2.24, 2.45) is 0 Å². The molecule has 0 unspecified atom stereocenters. The molecular weight excluding hydrogens is 345 g/mol. The quantitative estimate of drug-likeness (QED) is 0.749. The van der Waals surface area contributed by atoms with E-state index in [1.165, 1.54) is 18.6 Å². The van der Waals surface area contributed by atoms with Crippen LogP contribution in [0.4, 0.5) is 26.5 Å². The third kappa shape index (κ3) is 5.03. The van der Waals surface area contributed by atoms with E-state index < -0.39 is 5.82 Å². The second-order valence-corrected chi connectivity index (χ2v) is 6.40. The maximum absolute atomic E-state index is 13.1. The number of amides is 2. The molecule has 0 spiro atoms. The molecule has 3 rings (SSSR count). The number of carbonyl (C=O) groups excluding carboxylic acids is 1. The maximum Gasteiger partial charge on any atom is 0.320 e. The van der Waals surface area contributed by atoms with Crippen LogP contribution in [0.3, 0.4) is 0 Å². The van der Waals surface area contributed by atoms with Gasteiger partial charge in [0, 0.05) is 11.7 Å². The van der Waals surface area contributed by atoms with Crippen molar-refractivity contribution in [1.82, 2.24) is 15.5 Å². The zero-order chi connectivity index (χ0) is 17.6. The Morgan fingerprint density at radius 1 is 1.08 bits per heavy atom. The van der Waals surface area contributed by atoms with Gasteiger partial charge in [0.15, 0.2) is 11.6 Å². The molecule has 0 atom stereocenters. The predicted molar refractivity (Wildman–Crippen MR) is 95.8 cm³/mol. The third-order valence-electron chi connectivity index (χ3n) is 4.04. The smallest absolute Gasteiger partial charge is 0.320 e. The number of benzene rings is 1. The predicted octanol–water partition coefficient (Wildman–Crippen LogP) is 4.47. The van der Waals surface area contributed by atoms with Gasteiger partial charge in [-0.1, -0.05) is 30.9 Å². The van der Waals surface area contributed by atoms with E-state index in [1.807, 2.05) is 0 Å². The molecule has 8 heteroatoms. The number of halogens is 2. The molecule has 1 fully saturated rings. The summed E-state index contributed by atoms with van der Waals surface area (Å²) in [5, 5.41) is 16.6. The van der Waals surface area contributed by atoms with Gasteiger partial charge in [-0.15, -0.1) is 10.2 Å². The van der Waals surface area contributed by atoms with E-state index in [4.69, 9.17) is 11.6 Å². The van der Waals surface area contributed by atoms with Crippen LogP contribution in [0.15, 0.2) is 30.3 Å². The SMILES string of the molecule is O=C(Nc1ccc(Nc2ccc(F)c(Cl)c2)nn1)NC1CCCCC1. The molecule has 1 aromatic carbocycles. The van der Waals surface area contributed by atoms with Crippen LogP contribution in [0.1, 0.15) is 32.1 Å². The number of anilines is 3. The summed E-state index contributed by atoms with van der Waals surface area (Å²) in [6.45, 7) is 0. The van der Waals surface area contributed by atoms with Crippen molar-refractivity contribution in [3.05, 3.63) is 41.2 Å². The number of hydrogen-bond acceptors (Lipinski definition) is 4. The first-order valence-electron chi connectivity index (χ1n) is 8.23. The van der Waals surface area contributed by atoms with Crippen molar-refractivity contribution in [3.63, 3.8) is 0 Å². The molecule has 0 radical (unpaired) electrons. The lowest BCUT2D eigenvalue weighted by Crippen LogP contribution is -2.39. The van der Waals surface area contributed by atoms with Crippen LogP contribution < -0.4 is 16.0 Å². The molecule has 1 saturated carbocycles. The Bertz CT molecular complexity index is 734. The number of nitrogens with zero attached hydrogens (tertiary/aromatic N) is 2. The molecular formula is C17H19ClFN5O. The Kier molecular flexibility index (Phi) is 5.65. The van der Waals surface area contributed by atoms with Crippen LogP contribution in [0.25, 0.3) is 0 Å². The van der Waals surface area contributed by atoms with Gasteiger partial charge in [-0.3, -0.25) is 5.32 Å². The number of nitrogens with one attached hydrogen (secondary N) is 3. The van der Waals surface area contributed by atoms with Gasteiger partial charge in [0.2, 0.25) is 0 Å². The lowest BCUT2D eigenvalue weighted by Gasteiger charge is -2.22. The normalized spacial score (nSPS) is 14.8. The minimum atomic E-state index is -0.484. The Balaban J connectivity index is 1.54. The highest BCUT2D eigenvalue weighted by molar-refractivity contribution is 6.31. The van der Waals surface area contributed by atoms with E-state index in [1.54, 1.807) is 18.2 Å². The number of carbonyl (C=O) groups is 1. The first-order valence-corrected chi connectivity index (χ1v) is 8.61. The van der Waals surface area contributed by atoms with E-state index in [9.17, 15) is 9.18 Å². The second kappa shape index (κ2) is 8.11. The summed E-state index contributed by atoms with van der Waals surface area (Å²) < 4.78 is 13.1. The van der Waals surface area contributed by atoms with E-state index in [-0.39, 0.29) is 17.1 Å². The number of hydrogen-bond donors (Lipinski definition) is 3. The fraction of sp³-hybridized carbons (Fsp3) is 0.353. The molecule has 25 heavy (non-hydrogen) atoms. The zero-order valence-electron chi connectivity index (χ0n) is 13.6. The molecule has 2 aromatic rings. The molecule has 2 amide bonds. The van der Waals surface area contributed by atoms with Crippen LogP contribution in [-0.2, 0) is 0 Å². The summed E-state index contributed by atoms with van der Waals surface area (Å²) in [4.78, 5) is 12.0. The van der Waals surface area contributed by atoms with Gasteiger partial charge in [-0.05, 0) is 43.2 Å². The van der Waals surface area contributed by atoms with Crippen molar-refractivity contribution in [2.75, 3.05) is 10.6 Å². The highest BCUT2D eigenvalue weighted by atomic mass is 35.5. The van der Waals surface area contributed by atoms with Crippen molar-refractivity contribution in [1.29, 1.82) is 0 Å². The number of aromatic nitrogens is 2. The van der Waals surface area contributed by atoms with E-state index in [2.05, 4.69) is 26.1 Å². The summed E-state index contributed by atoms with van der Waals surface area (Å²) >= 11 is 5.74. The standard InChI is InChI=1S/C17H19ClFN5O/c18-13-10-12(6-7-14(13)19)20-15-8-9-16(24-23-15)22-17(25)21-11-4-2-1-3-5-11/h6-11H,1-5H2,(H,20,23)(H2,21,22,24,25). The maximum atomic E-state index is 13.1. The Morgan fingerprint density at radius 2 is 1.80 bits per heavy atom. The third-order valence-corrected chi connectivity index (χ3v) is 4.33. The fourth-order valence-corrected chi connectivity index (χ4v) is 2.95. The summed E-state index contributed by atoms with van der Waals surface area (Å²) in [5.41, 5.74) is 0.594. The highest BCUT2D eigenvalue weighted by Crippen LogP contribution is 2.22. The number of urea groups is 1. The molecule has 1 aliphatic carbocycles. The molecule has 1 aliphatic rings. The van der Waals surface area contributed by atoms with E-state index >= 15 is 0 Å².